The number of nitrogens with zero attached hydrogens (tertiary/aromatic N) is 3. The molecular formula is C25H26N4O2. The van der Waals surface area contributed by atoms with Gasteiger partial charge < -0.3 is 10.2 Å². The molecule has 6 nitrogen and oxygen atoms in total. The Hall–Kier alpha value is -3.54. The van der Waals surface area contributed by atoms with E-state index in [4.69, 9.17) is 0 Å². The molecule has 2 amide bonds. The molecule has 1 aliphatic heterocycles. The van der Waals surface area contributed by atoms with Crippen molar-refractivity contribution in [3.05, 3.63) is 84.4 Å². The highest BCUT2D eigenvalue weighted by Crippen LogP contribution is 2.37. The SMILES string of the molecule is CNC(=O)[C@]1(Cc2ccccc2-c2ccncc2)CCN(C(=O)Cc2cccnc2)C1. The van der Waals surface area contributed by atoms with Crippen molar-refractivity contribution >= 4 is 11.8 Å². The Morgan fingerprint density at radius 3 is 2.58 bits per heavy atom. The number of nitrogens with one attached hydrogen (secondary N) is 1. The van der Waals surface area contributed by atoms with Gasteiger partial charge in [0, 0.05) is 44.9 Å². The van der Waals surface area contributed by atoms with Crippen LogP contribution in [0, 0.1) is 5.41 Å². The highest BCUT2D eigenvalue weighted by molar-refractivity contribution is 5.86. The molecule has 0 spiro atoms. The van der Waals surface area contributed by atoms with Crippen molar-refractivity contribution in [1.29, 1.82) is 0 Å². The molecule has 0 radical (unpaired) electrons. The Bertz CT molecular complexity index is 1060. The fourth-order valence-electron chi connectivity index (χ4n) is 4.40. The smallest absolute Gasteiger partial charge is 0.228 e. The van der Waals surface area contributed by atoms with Gasteiger partial charge in [-0.2, -0.15) is 0 Å². The summed E-state index contributed by atoms with van der Waals surface area (Å²) in [6.45, 7) is 0.986. The van der Waals surface area contributed by atoms with Gasteiger partial charge in [0.2, 0.25) is 11.8 Å². The predicted octanol–water partition coefficient (Wildman–Crippen LogP) is 2.89. The highest BCUT2D eigenvalue weighted by atomic mass is 16.2. The minimum absolute atomic E-state index is 0.0197. The van der Waals surface area contributed by atoms with Crippen molar-refractivity contribution in [2.75, 3.05) is 20.1 Å². The van der Waals surface area contributed by atoms with Crippen LogP contribution in [0.4, 0.5) is 0 Å². The first-order valence-electron chi connectivity index (χ1n) is 10.5. The molecule has 31 heavy (non-hydrogen) atoms. The van der Waals surface area contributed by atoms with Gasteiger partial charge in [0.05, 0.1) is 11.8 Å². The maximum absolute atomic E-state index is 13.0. The second-order valence-corrected chi connectivity index (χ2v) is 8.03. The predicted molar refractivity (Wildman–Crippen MR) is 119 cm³/mol. The van der Waals surface area contributed by atoms with Crippen molar-refractivity contribution in [3.63, 3.8) is 0 Å². The molecule has 1 N–H and O–H groups in total. The molecule has 3 heterocycles. The number of likely N-dealkylation sites (tertiary alicyclic amines) is 1. The largest absolute Gasteiger partial charge is 0.359 e. The molecule has 0 aliphatic carbocycles. The van der Waals surface area contributed by atoms with E-state index in [0.29, 0.717) is 32.4 Å². The molecule has 1 aliphatic rings. The zero-order chi connectivity index (χ0) is 21.7. The topological polar surface area (TPSA) is 75.2 Å². The van der Waals surface area contributed by atoms with E-state index < -0.39 is 5.41 Å². The van der Waals surface area contributed by atoms with Crippen LogP contribution in [0.15, 0.2) is 73.3 Å². The van der Waals surface area contributed by atoms with Crippen molar-refractivity contribution in [2.24, 2.45) is 5.41 Å². The average Bonchev–Trinajstić information content (AvgIpc) is 3.25. The van der Waals surface area contributed by atoms with E-state index in [9.17, 15) is 9.59 Å². The molecule has 6 heteroatoms. The van der Waals surface area contributed by atoms with Gasteiger partial charge in [0.25, 0.3) is 0 Å². The fraction of sp³-hybridized carbons (Fsp3) is 0.280. The Kier molecular flexibility index (Phi) is 6.07. The standard InChI is InChI=1S/C25H26N4O2/c1-26-24(31)25(10-14-29(18-25)23(30)15-19-5-4-11-28-17-19)16-21-6-2-3-7-22(21)20-8-12-27-13-9-20/h2-9,11-13,17H,10,14-16,18H2,1H3,(H,26,31)/t25-/m0/s1. The van der Waals surface area contributed by atoms with E-state index in [-0.39, 0.29) is 11.8 Å². The van der Waals surface area contributed by atoms with Crippen LogP contribution in [0.25, 0.3) is 11.1 Å². The van der Waals surface area contributed by atoms with E-state index in [1.165, 1.54) is 0 Å². The van der Waals surface area contributed by atoms with E-state index >= 15 is 0 Å². The lowest BCUT2D eigenvalue weighted by Gasteiger charge is -2.28. The van der Waals surface area contributed by atoms with E-state index in [2.05, 4.69) is 27.4 Å². The second-order valence-electron chi connectivity index (χ2n) is 8.03. The summed E-state index contributed by atoms with van der Waals surface area (Å²) < 4.78 is 0. The van der Waals surface area contributed by atoms with Crippen molar-refractivity contribution in [3.8, 4) is 11.1 Å². The van der Waals surface area contributed by atoms with Gasteiger partial charge in [-0.1, -0.05) is 30.3 Å². The van der Waals surface area contributed by atoms with E-state index in [1.54, 1.807) is 31.8 Å². The van der Waals surface area contributed by atoms with Gasteiger partial charge in [-0.15, -0.1) is 0 Å². The highest BCUT2D eigenvalue weighted by Gasteiger charge is 2.45. The molecule has 1 atom stereocenters. The van der Waals surface area contributed by atoms with Crippen LogP contribution in [0.1, 0.15) is 17.5 Å². The fourth-order valence-corrected chi connectivity index (χ4v) is 4.40. The number of carbonyl (C=O) groups is 2. The zero-order valence-electron chi connectivity index (χ0n) is 17.6. The summed E-state index contributed by atoms with van der Waals surface area (Å²) in [5.74, 6) is 0.00917. The Morgan fingerprint density at radius 1 is 1.03 bits per heavy atom. The lowest BCUT2D eigenvalue weighted by atomic mass is 9.78. The third-order valence-electron chi connectivity index (χ3n) is 6.03. The first kappa shape index (κ1) is 20.7. The van der Waals surface area contributed by atoms with Crippen molar-refractivity contribution in [2.45, 2.75) is 19.3 Å². The lowest BCUT2D eigenvalue weighted by Crippen LogP contribution is -2.44. The average molecular weight is 415 g/mol. The van der Waals surface area contributed by atoms with Crippen LogP contribution < -0.4 is 5.32 Å². The van der Waals surface area contributed by atoms with Crippen LogP contribution in [0.3, 0.4) is 0 Å². The molecule has 2 aromatic heterocycles. The summed E-state index contributed by atoms with van der Waals surface area (Å²) in [7, 11) is 1.67. The van der Waals surface area contributed by atoms with Crippen LogP contribution in [-0.2, 0) is 22.4 Å². The summed E-state index contributed by atoms with van der Waals surface area (Å²) in [5, 5.41) is 2.84. The Labute approximate surface area is 182 Å². The van der Waals surface area contributed by atoms with E-state index in [0.717, 1.165) is 22.3 Å². The number of pyridine rings is 2. The number of hydrogen-bond donors (Lipinski definition) is 1. The van der Waals surface area contributed by atoms with Gasteiger partial charge in [0.15, 0.2) is 0 Å². The minimum Gasteiger partial charge on any atom is -0.359 e. The summed E-state index contributed by atoms with van der Waals surface area (Å²) in [6, 6.07) is 15.8. The summed E-state index contributed by atoms with van der Waals surface area (Å²) >= 11 is 0. The number of benzene rings is 1. The van der Waals surface area contributed by atoms with Crippen LogP contribution >= 0.6 is 0 Å². The van der Waals surface area contributed by atoms with Crippen LogP contribution in [-0.4, -0.2) is 46.8 Å². The molecule has 1 fully saturated rings. The first-order valence-corrected chi connectivity index (χ1v) is 10.5. The summed E-state index contributed by atoms with van der Waals surface area (Å²) in [5.41, 5.74) is 3.49. The van der Waals surface area contributed by atoms with Crippen LogP contribution in [0.2, 0.25) is 0 Å². The number of rotatable bonds is 6. The first-order chi connectivity index (χ1) is 15.1. The summed E-state index contributed by atoms with van der Waals surface area (Å²) in [4.78, 5) is 36.0. The van der Waals surface area contributed by atoms with E-state index in [1.807, 2.05) is 41.3 Å². The van der Waals surface area contributed by atoms with Gasteiger partial charge in [0.1, 0.15) is 0 Å². The summed E-state index contributed by atoms with van der Waals surface area (Å²) in [6.07, 6.45) is 8.46. The van der Waals surface area contributed by atoms with Crippen molar-refractivity contribution in [1.82, 2.24) is 20.2 Å². The monoisotopic (exact) mass is 414 g/mol. The Morgan fingerprint density at radius 2 is 1.84 bits per heavy atom. The Balaban J connectivity index is 1.58. The lowest BCUT2D eigenvalue weighted by molar-refractivity contribution is -0.132. The third-order valence-corrected chi connectivity index (χ3v) is 6.03. The molecule has 1 saturated heterocycles. The number of hydrogen-bond acceptors (Lipinski definition) is 4. The number of carbonyl (C=O) groups excluding carboxylic acids is 2. The second kappa shape index (κ2) is 9.08. The molecule has 158 valence electrons. The zero-order valence-corrected chi connectivity index (χ0v) is 17.6. The maximum Gasteiger partial charge on any atom is 0.228 e. The molecule has 3 aromatic rings. The van der Waals surface area contributed by atoms with Gasteiger partial charge in [-0.25, -0.2) is 0 Å². The van der Waals surface area contributed by atoms with Gasteiger partial charge in [-0.05, 0) is 53.3 Å². The quantitative estimate of drug-likeness (QED) is 0.673. The molecule has 4 rings (SSSR count). The van der Waals surface area contributed by atoms with Gasteiger partial charge in [-0.3, -0.25) is 19.6 Å². The molecular weight excluding hydrogens is 388 g/mol. The maximum atomic E-state index is 13.0. The third kappa shape index (κ3) is 4.48. The van der Waals surface area contributed by atoms with Crippen molar-refractivity contribution < 1.29 is 9.59 Å². The number of amides is 2. The molecule has 0 bridgehead atoms. The van der Waals surface area contributed by atoms with Gasteiger partial charge >= 0.3 is 0 Å². The molecule has 1 aromatic carbocycles. The number of aromatic nitrogens is 2. The minimum atomic E-state index is -0.650. The molecule has 0 unspecified atom stereocenters. The normalized spacial score (nSPS) is 18.0. The van der Waals surface area contributed by atoms with Crippen LogP contribution in [0.5, 0.6) is 0 Å². The molecule has 0 saturated carbocycles.